The van der Waals surface area contributed by atoms with Gasteiger partial charge in [0, 0.05) is 5.69 Å². The number of hydrogen-bond donors (Lipinski definition) is 3. The number of nitrogens with one attached hydrogen (secondary N) is 1. The molecule has 0 aliphatic rings. The monoisotopic (exact) mass is 225 g/mol. The molecule has 0 unspecified atom stereocenters. The lowest BCUT2D eigenvalue weighted by Crippen LogP contribution is -2.27. The first-order chi connectivity index (χ1) is 7.74. The van der Waals surface area contributed by atoms with Crippen molar-refractivity contribution in [2.45, 2.75) is 19.4 Å². The largest absolute Gasteiger partial charge is 0.496 e. The molecule has 90 valence electrons. The first-order valence-electron chi connectivity index (χ1n) is 5.40. The molecular formula is C12H19NO3. The van der Waals surface area contributed by atoms with Crippen molar-refractivity contribution < 1.29 is 14.9 Å². The molecule has 0 aliphatic carbocycles. The highest BCUT2D eigenvalue weighted by Gasteiger charge is 2.07. The molecule has 16 heavy (non-hydrogen) atoms. The lowest BCUT2D eigenvalue weighted by Gasteiger charge is -2.16. The second kappa shape index (κ2) is 6.35. The van der Waals surface area contributed by atoms with Gasteiger partial charge < -0.3 is 20.3 Å². The highest BCUT2D eigenvalue weighted by Crippen LogP contribution is 2.23. The van der Waals surface area contributed by atoms with Crippen LogP contribution in [0.1, 0.15) is 12.5 Å². The van der Waals surface area contributed by atoms with Crippen molar-refractivity contribution in [3.63, 3.8) is 0 Å². The molecule has 1 aromatic carbocycles. The Kier molecular flexibility index (Phi) is 5.08. The summed E-state index contributed by atoms with van der Waals surface area (Å²) < 4.78 is 5.22. The average Bonchev–Trinajstić information content (AvgIpc) is 2.35. The Bertz CT molecular complexity index is 324. The predicted molar refractivity (Wildman–Crippen MR) is 64.0 cm³/mol. The van der Waals surface area contributed by atoms with Crippen LogP contribution in [0.2, 0.25) is 0 Å². The zero-order valence-corrected chi connectivity index (χ0v) is 9.73. The molecule has 0 heterocycles. The standard InChI is InChI=1S/C12H19NO3/c1-3-9-6-10(4-5-12(9)16-2)13-11(7-14)8-15/h4-6,11,13-15H,3,7-8H2,1-2H3. The molecule has 0 radical (unpaired) electrons. The van der Waals surface area contributed by atoms with Crippen molar-refractivity contribution in [3.8, 4) is 5.75 Å². The fraction of sp³-hybridized carbons (Fsp3) is 0.500. The van der Waals surface area contributed by atoms with Crippen LogP contribution in [0.15, 0.2) is 18.2 Å². The SMILES string of the molecule is CCc1cc(NC(CO)CO)ccc1OC. The van der Waals surface area contributed by atoms with E-state index in [4.69, 9.17) is 14.9 Å². The summed E-state index contributed by atoms with van der Waals surface area (Å²) in [5.41, 5.74) is 1.98. The summed E-state index contributed by atoms with van der Waals surface area (Å²) in [6.07, 6.45) is 0.877. The maximum Gasteiger partial charge on any atom is 0.122 e. The van der Waals surface area contributed by atoms with E-state index in [1.165, 1.54) is 0 Å². The quantitative estimate of drug-likeness (QED) is 0.676. The third-order valence-corrected chi connectivity index (χ3v) is 2.47. The molecule has 4 nitrogen and oxygen atoms in total. The van der Waals surface area contributed by atoms with E-state index >= 15 is 0 Å². The van der Waals surface area contributed by atoms with Gasteiger partial charge in [-0.15, -0.1) is 0 Å². The molecular weight excluding hydrogens is 206 g/mol. The smallest absolute Gasteiger partial charge is 0.122 e. The van der Waals surface area contributed by atoms with Gasteiger partial charge in [-0.2, -0.15) is 0 Å². The van der Waals surface area contributed by atoms with Crippen LogP contribution in [-0.4, -0.2) is 36.6 Å². The number of benzene rings is 1. The van der Waals surface area contributed by atoms with Gasteiger partial charge >= 0.3 is 0 Å². The second-order valence-electron chi connectivity index (χ2n) is 3.59. The third kappa shape index (κ3) is 3.12. The number of rotatable bonds is 6. The number of aliphatic hydroxyl groups excluding tert-OH is 2. The molecule has 1 rings (SSSR count). The number of methoxy groups -OCH3 is 1. The number of anilines is 1. The Morgan fingerprint density at radius 1 is 1.31 bits per heavy atom. The third-order valence-electron chi connectivity index (χ3n) is 2.47. The van der Waals surface area contributed by atoms with Gasteiger partial charge in [0.1, 0.15) is 5.75 Å². The van der Waals surface area contributed by atoms with Gasteiger partial charge in [-0.25, -0.2) is 0 Å². The molecule has 4 heteroatoms. The normalized spacial score (nSPS) is 10.6. The van der Waals surface area contributed by atoms with Crippen LogP contribution in [0.3, 0.4) is 0 Å². The molecule has 0 fully saturated rings. The van der Waals surface area contributed by atoms with Crippen LogP contribution in [0.5, 0.6) is 5.75 Å². The van der Waals surface area contributed by atoms with Gasteiger partial charge in [0.25, 0.3) is 0 Å². The van der Waals surface area contributed by atoms with Gasteiger partial charge in [-0.05, 0) is 30.2 Å². The van der Waals surface area contributed by atoms with E-state index in [1.807, 2.05) is 18.2 Å². The first kappa shape index (κ1) is 12.8. The summed E-state index contributed by atoms with van der Waals surface area (Å²) in [5, 5.41) is 21.0. The molecule has 0 saturated carbocycles. The predicted octanol–water partition coefficient (Wildman–Crippen LogP) is 1.02. The molecule has 1 aromatic rings. The second-order valence-corrected chi connectivity index (χ2v) is 3.59. The molecule has 0 amide bonds. The summed E-state index contributed by atoms with van der Waals surface area (Å²) in [4.78, 5) is 0. The summed E-state index contributed by atoms with van der Waals surface area (Å²) in [6, 6.07) is 5.40. The Labute approximate surface area is 95.9 Å². The van der Waals surface area contributed by atoms with Crippen molar-refractivity contribution in [2.24, 2.45) is 0 Å². The Morgan fingerprint density at radius 2 is 2.00 bits per heavy atom. The Balaban J connectivity index is 2.82. The number of aliphatic hydroxyl groups is 2. The van der Waals surface area contributed by atoms with Crippen LogP contribution in [-0.2, 0) is 6.42 Å². The minimum absolute atomic E-state index is 0.0933. The van der Waals surface area contributed by atoms with Gasteiger partial charge in [-0.1, -0.05) is 6.92 Å². The summed E-state index contributed by atoms with van der Waals surface area (Å²) in [5.74, 6) is 0.859. The lowest BCUT2D eigenvalue weighted by molar-refractivity contribution is 0.204. The minimum Gasteiger partial charge on any atom is -0.496 e. The van der Waals surface area contributed by atoms with E-state index in [9.17, 15) is 0 Å². The van der Waals surface area contributed by atoms with Crippen molar-refractivity contribution in [3.05, 3.63) is 23.8 Å². The minimum atomic E-state index is -0.321. The van der Waals surface area contributed by atoms with Gasteiger partial charge in [0.2, 0.25) is 0 Å². The van der Waals surface area contributed by atoms with Crippen LogP contribution >= 0.6 is 0 Å². The zero-order chi connectivity index (χ0) is 12.0. The van der Waals surface area contributed by atoms with Crippen molar-refractivity contribution in [2.75, 3.05) is 25.6 Å². The van der Waals surface area contributed by atoms with Gasteiger partial charge in [-0.3, -0.25) is 0 Å². The molecule has 0 aliphatic heterocycles. The molecule has 0 aromatic heterocycles. The fourth-order valence-corrected chi connectivity index (χ4v) is 1.53. The topological polar surface area (TPSA) is 61.7 Å². The van der Waals surface area contributed by atoms with Gasteiger partial charge in [0.15, 0.2) is 0 Å². The highest BCUT2D eigenvalue weighted by molar-refractivity contribution is 5.51. The van der Waals surface area contributed by atoms with Crippen molar-refractivity contribution in [1.29, 1.82) is 0 Å². The van der Waals surface area contributed by atoms with E-state index in [0.717, 1.165) is 23.4 Å². The zero-order valence-electron chi connectivity index (χ0n) is 9.73. The van der Waals surface area contributed by atoms with Crippen LogP contribution in [0.25, 0.3) is 0 Å². The molecule has 0 atom stereocenters. The molecule has 0 spiro atoms. The van der Waals surface area contributed by atoms with E-state index in [2.05, 4.69) is 12.2 Å². The molecule has 0 saturated heterocycles. The summed E-state index contributed by atoms with van der Waals surface area (Å²) in [6.45, 7) is 1.87. The Hall–Kier alpha value is -1.26. The summed E-state index contributed by atoms with van der Waals surface area (Å²) in [7, 11) is 1.64. The molecule has 3 N–H and O–H groups in total. The lowest BCUT2D eigenvalue weighted by atomic mass is 10.1. The fourth-order valence-electron chi connectivity index (χ4n) is 1.53. The Morgan fingerprint density at radius 3 is 2.50 bits per heavy atom. The number of aryl methyl sites for hydroxylation is 1. The van der Waals surface area contributed by atoms with Crippen molar-refractivity contribution >= 4 is 5.69 Å². The van der Waals surface area contributed by atoms with Crippen LogP contribution in [0, 0.1) is 0 Å². The van der Waals surface area contributed by atoms with E-state index in [1.54, 1.807) is 7.11 Å². The van der Waals surface area contributed by atoms with Crippen LogP contribution in [0.4, 0.5) is 5.69 Å². The average molecular weight is 225 g/mol. The summed E-state index contributed by atoms with van der Waals surface area (Å²) >= 11 is 0. The number of ether oxygens (including phenoxy) is 1. The van der Waals surface area contributed by atoms with Gasteiger partial charge in [0.05, 0.1) is 26.4 Å². The van der Waals surface area contributed by atoms with E-state index < -0.39 is 0 Å². The van der Waals surface area contributed by atoms with Crippen molar-refractivity contribution in [1.82, 2.24) is 0 Å². The van der Waals surface area contributed by atoms with E-state index in [-0.39, 0.29) is 19.3 Å². The maximum atomic E-state index is 8.97. The maximum absolute atomic E-state index is 8.97. The number of hydrogen-bond acceptors (Lipinski definition) is 4. The highest BCUT2D eigenvalue weighted by atomic mass is 16.5. The first-order valence-corrected chi connectivity index (χ1v) is 5.40. The van der Waals surface area contributed by atoms with E-state index in [0.29, 0.717) is 0 Å². The molecule has 0 bridgehead atoms. The van der Waals surface area contributed by atoms with Crippen LogP contribution < -0.4 is 10.1 Å².